The fourth-order valence-corrected chi connectivity index (χ4v) is 4.32. The highest BCUT2D eigenvalue weighted by Crippen LogP contribution is 2.45. The summed E-state index contributed by atoms with van der Waals surface area (Å²) in [6.45, 7) is 0. The molecule has 2 aromatic carbocycles. The van der Waals surface area contributed by atoms with Gasteiger partial charge in [-0.2, -0.15) is 26.3 Å². The molecule has 1 aliphatic rings. The van der Waals surface area contributed by atoms with Gasteiger partial charge in [0.1, 0.15) is 5.82 Å². The molecule has 3 aromatic heterocycles. The zero-order valence-corrected chi connectivity index (χ0v) is 22.8. The van der Waals surface area contributed by atoms with E-state index in [0.29, 0.717) is 5.69 Å². The third kappa shape index (κ3) is 7.55. The van der Waals surface area contributed by atoms with E-state index in [4.69, 9.17) is 24.8 Å². The lowest BCUT2D eigenvalue weighted by Gasteiger charge is -2.17. The van der Waals surface area contributed by atoms with Crippen LogP contribution in [0, 0.1) is 0 Å². The lowest BCUT2D eigenvalue weighted by molar-refractivity contribution is -0.193. The molecule has 0 atom stereocenters. The molecule has 9 nitrogen and oxygen atoms in total. The van der Waals surface area contributed by atoms with Crippen molar-refractivity contribution >= 4 is 34.3 Å². The molecule has 0 bridgehead atoms. The van der Waals surface area contributed by atoms with Crippen molar-refractivity contribution in [2.24, 2.45) is 0 Å². The lowest BCUT2D eigenvalue weighted by atomic mass is 10.0. The molecule has 1 aliphatic carbocycles. The highest BCUT2D eigenvalue weighted by Gasteiger charge is 2.46. The van der Waals surface area contributed by atoms with Crippen LogP contribution in [0.15, 0.2) is 91.3 Å². The van der Waals surface area contributed by atoms with E-state index in [0.717, 1.165) is 46.2 Å². The number of aromatic nitrogens is 3. The minimum atomic E-state index is -5.08. The Kier molecular flexibility index (Phi) is 9.11. The Bertz CT molecular complexity index is 1820. The van der Waals surface area contributed by atoms with E-state index < -0.39 is 24.3 Å². The summed E-state index contributed by atoms with van der Waals surface area (Å²) in [4.78, 5) is 40.6. The number of fused-ring (bicyclic) bond motifs is 2. The van der Waals surface area contributed by atoms with Crippen molar-refractivity contribution in [1.82, 2.24) is 19.7 Å². The molecule has 0 unspecified atom stereocenters. The monoisotopic (exact) mass is 632 g/mol. The number of nitrogens with one attached hydrogen (secondary N) is 1. The van der Waals surface area contributed by atoms with Gasteiger partial charge in [0.2, 0.25) is 0 Å². The summed E-state index contributed by atoms with van der Waals surface area (Å²) in [5.74, 6) is -4.95. The van der Waals surface area contributed by atoms with Crippen molar-refractivity contribution < 1.29 is 50.9 Å². The molecule has 3 N–H and O–H groups in total. The number of rotatable bonds is 4. The third-order valence-corrected chi connectivity index (χ3v) is 6.55. The summed E-state index contributed by atoms with van der Waals surface area (Å²) < 4.78 is 65.4. The summed E-state index contributed by atoms with van der Waals surface area (Å²) in [5.41, 5.74) is 3.85. The number of halogens is 6. The van der Waals surface area contributed by atoms with Crippen LogP contribution in [0.25, 0.3) is 27.8 Å². The standard InChI is InChI=1S/C26H20N4O.2C2HF3O2/c31-25(29-26(14-15-26)19-10-2-1-3-11-19)23-21-13-4-5-17-30(21)24(28-23)20-12-6-8-18-9-7-16-27-22(18)20;2*3-2(4,5)1(6)7/h1-13,16-17H,14-15H2,(H,29,31);2*(H,6,7). The number of nitrogens with zero attached hydrogens (tertiary/aromatic N) is 3. The average molecular weight is 633 g/mol. The van der Waals surface area contributed by atoms with Crippen molar-refractivity contribution in [3.8, 4) is 11.4 Å². The van der Waals surface area contributed by atoms with Gasteiger partial charge in [-0.1, -0.05) is 54.6 Å². The first-order valence-electron chi connectivity index (χ1n) is 12.9. The van der Waals surface area contributed by atoms with Gasteiger partial charge in [0.05, 0.1) is 16.6 Å². The van der Waals surface area contributed by atoms with Crippen LogP contribution in [-0.4, -0.2) is 54.8 Å². The van der Waals surface area contributed by atoms with E-state index in [1.807, 2.05) is 77.3 Å². The molecule has 0 radical (unpaired) electrons. The molecule has 0 spiro atoms. The maximum atomic E-state index is 13.4. The van der Waals surface area contributed by atoms with Gasteiger partial charge in [-0.15, -0.1) is 0 Å². The van der Waals surface area contributed by atoms with E-state index in [1.54, 1.807) is 6.20 Å². The number of carboxylic acid groups (broad SMARTS) is 2. The molecule has 45 heavy (non-hydrogen) atoms. The number of aliphatic carboxylic acids is 2. The predicted octanol–water partition coefficient (Wildman–Crippen LogP) is 6.24. The fourth-order valence-electron chi connectivity index (χ4n) is 4.32. The second kappa shape index (κ2) is 12.6. The molecule has 1 amide bonds. The Labute approximate surface area is 249 Å². The number of benzene rings is 2. The summed E-state index contributed by atoms with van der Waals surface area (Å²) >= 11 is 0. The van der Waals surface area contributed by atoms with Crippen LogP contribution in [0.2, 0.25) is 0 Å². The summed E-state index contributed by atoms with van der Waals surface area (Å²) in [5, 5.41) is 18.6. The quantitative estimate of drug-likeness (QED) is 0.200. The molecule has 3 heterocycles. The smallest absolute Gasteiger partial charge is 0.475 e. The van der Waals surface area contributed by atoms with Gasteiger partial charge in [0.25, 0.3) is 5.91 Å². The highest BCUT2D eigenvalue weighted by molar-refractivity contribution is 6.02. The van der Waals surface area contributed by atoms with Gasteiger partial charge in [-0.3, -0.25) is 14.2 Å². The number of amides is 1. The Morgan fingerprint density at radius 1 is 0.778 bits per heavy atom. The van der Waals surface area contributed by atoms with Gasteiger partial charge in [-0.25, -0.2) is 14.6 Å². The van der Waals surface area contributed by atoms with Gasteiger partial charge in [-0.05, 0) is 42.7 Å². The molecule has 5 aromatic rings. The molecule has 6 rings (SSSR count). The van der Waals surface area contributed by atoms with E-state index in [1.165, 1.54) is 0 Å². The number of pyridine rings is 2. The number of hydrogen-bond acceptors (Lipinski definition) is 5. The normalized spacial score (nSPS) is 13.6. The number of para-hydroxylation sites is 1. The Hall–Kier alpha value is -5.47. The van der Waals surface area contributed by atoms with Crippen molar-refractivity contribution in [1.29, 1.82) is 0 Å². The first-order valence-corrected chi connectivity index (χ1v) is 12.9. The number of hydrogen-bond donors (Lipinski definition) is 3. The lowest BCUT2D eigenvalue weighted by Crippen LogP contribution is -2.35. The number of alkyl halides is 6. The van der Waals surface area contributed by atoms with Gasteiger partial charge in [0.15, 0.2) is 5.69 Å². The van der Waals surface area contributed by atoms with Crippen molar-refractivity contribution in [2.75, 3.05) is 0 Å². The Balaban J connectivity index is 0.000000277. The van der Waals surface area contributed by atoms with E-state index in [2.05, 4.69) is 22.4 Å². The molecule has 0 saturated heterocycles. The zero-order valence-electron chi connectivity index (χ0n) is 22.8. The third-order valence-electron chi connectivity index (χ3n) is 6.55. The second-order valence-electron chi connectivity index (χ2n) is 9.63. The Morgan fingerprint density at radius 3 is 1.93 bits per heavy atom. The number of imidazole rings is 1. The van der Waals surface area contributed by atoms with Gasteiger partial charge in [0, 0.05) is 23.3 Å². The summed E-state index contributed by atoms with van der Waals surface area (Å²) in [6, 6.07) is 26.0. The molecular weight excluding hydrogens is 610 g/mol. The van der Waals surface area contributed by atoms with Crippen LogP contribution in [-0.2, 0) is 15.1 Å². The van der Waals surface area contributed by atoms with Gasteiger partial charge < -0.3 is 15.5 Å². The Morgan fingerprint density at radius 2 is 1.36 bits per heavy atom. The van der Waals surface area contributed by atoms with Crippen LogP contribution in [0.5, 0.6) is 0 Å². The van der Waals surface area contributed by atoms with Crippen molar-refractivity contribution in [3.63, 3.8) is 0 Å². The average Bonchev–Trinajstić information content (AvgIpc) is 3.68. The molecular formula is C30H22F6N4O5. The number of carbonyl (C=O) groups excluding carboxylic acids is 1. The number of carboxylic acids is 2. The topological polar surface area (TPSA) is 134 Å². The van der Waals surface area contributed by atoms with Crippen molar-refractivity contribution in [3.05, 3.63) is 103 Å². The maximum Gasteiger partial charge on any atom is 0.490 e. The predicted molar refractivity (Wildman–Crippen MR) is 148 cm³/mol. The van der Waals surface area contributed by atoms with E-state index in [-0.39, 0.29) is 11.4 Å². The summed E-state index contributed by atoms with van der Waals surface area (Å²) in [7, 11) is 0. The number of carbonyl (C=O) groups is 3. The molecule has 15 heteroatoms. The first-order chi connectivity index (χ1) is 21.1. The van der Waals surface area contributed by atoms with Crippen LogP contribution in [0.1, 0.15) is 28.9 Å². The van der Waals surface area contributed by atoms with Gasteiger partial charge >= 0.3 is 24.3 Å². The highest BCUT2D eigenvalue weighted by atomic mass is 19.4. The van der Waals surface area contributed by atoms with E-state index >= 15 is 0 Å². The van der Waals surface area contributed by atoms with Crippen LogP contribution in [0.3, 0.4) is 0 Å². The molecule has 234 valence electrons. The summed E-state index contributed by atoms with van der Waals surface area (Å²) in [6.07, 6.45) is -4.56. The van der Waals surface area contributed by atoms with Crippen LogP contribution >= 0.6 is 0 Å². The SMILES string of the molecule is O=C(NC1(c2ccccc2)CC1)c1nc(-c2cccc3cccnc23)n2ccccc12.O=C(O)C(F)(F)F.O=C(O)C(F)(F)F. The molecule has 1 saturated carbocycles. The maximum absolute atomic E-state index is 13.4. The fraction of sp³-hybridized carbons (Fsp3) is 0.167. The minimum absolute atomic E-state index is 0.149. The second-order valence-corrected chi connectivity index (χ2v) is 9.63. The van der Waals surface area contributed by atoms with Crippen LogP contribution < -0.4 is 5.32 Å². The van der Waals surface area contributed by atoms with E-state index in [9.17, 15) is 31.1 Å². The van der Waals surface area contributed by atoms with Crippen LogP contribution in [0.4, 0.5) is 26.3 Å². The first kappa shape index (κ1) is 32.4. The largest absolute Gasteiger partial charge is 0.490 e. The minimum Gasteiger partial charge on any atom is -0.475 e. The molecule has 0 aliphatic heterocycles. The van der Waals surface area contributed by atoms with Crippen molar-refractivity contribution in [2.45, 2.75) is 30.7 Å². The zero-order chi connectivity index (χ0) is 33.0. The molecule has 1 fully saturated rings.